The van der Waals surface area contributed by atoms with Gasteiger partial charge in [0.15, 0.2) is 0 Å². The van der Waals surface area contributed by atoms with Crippen LogP contribution in [0.2, 0.25) is 0 Å². The summed E-state index contributed by atoms with van der Waals surface area (Å²) in [6, 6.07) is 0. The van der Waals surface area contributed by atoms with E-state index >= 15 is 0 Å². The molecule has 0 saturated heterocycles. The van der Waals surface area contributed by atoms with Gasteiger partial charge in [-0.1, -0.05) is 20.3 Å². The minimum absolute atomic E-state index is 0.341. The van der Waals surface area contributed by atoms with E-state index in [9.17, 15) is 12.9 Å². The number of rotatable bonds is 5. The Kier molecular flexibility index (Phi) is 4.67. The first-order chi connectivity index (χ1) is 5.35. The Morgan fingerprint density at radius 2 is 1.83 bits per heavy atom. The van der Waals surface area contributed by atoms with E-state index in [0.29, 0.717) is 12.5 Å². The molecule has 0 aliphatic carbocycles. The normalized spacial score (nSPS) is 15.2. The molecule has 12 heavy (non-hydrogen) atoms. The average Bonchev–Trinajstić information content (AvgIpc) is 1.82. The van der Waals surface area contributed by atoms with Crippen LogP contribution in [0.25, 0.3) is 0 Å². The number of hydrogen-bond donors (Lipinski definition) is 0. The van der Waals surface area contributed by atoms with Crippen molar-refractivity contribution in [1.82, 2.24) is 4.90 Å². The lowest BCUT2D eigenvalue weighted by Gasteiger charge is -2.25. The van der Waals surface area contributed by atoms with E-state index in [1.54, 1.807) is 0 Å². The first-order valence-corrected chi connectivity index (χ1v) is 4.24. The predicted octanol–water partition coefficient (Wildman–Crippen LogP) is 2.35. The molecule has 1 nitrogen and oxygen atoms in total. The summed E-state index contributed by atoms with van der Waals surface area (Å²) in [6.45, 7) is -0.188. The fourth-order valence-corrected chi connectivity index (χ4v) is 1.09. The van der Waals surface area contributed by atoms with Crippen LogP contribution in [0.4, 0.5) is 12.9 Å². The first kappa shape index (κ1) is 11.8. The van der Waals surface area contributed by atoms with Gasteiger partial charge < -0.3 is 17.8 Å². The summed E-state index contributed by atoms with van der Waals surface area (Å²) in [7, 11) is 1.52. The van der Waals surface area contributed by atoms with E-state index in [1.165, 1.54) is 11.9 Å². The molecule has 1 atom stereocenters. The quantitative estimate of drug-likeness (QED) is 0.590. The third-order valence-corrected chi connectivity index (χ3v) is 1.84. The highest BCUT2D eigenvalue weighted by molar-refractivity contribution is 6.58. The fourth-order valence-electron chi connectivity index (χ4n) is 1.09. The van der Waals surface area contributed by atoms with E-state index in [4.69, 9.17) is 0 Å². The van der Waals surface area contributed by atoms with Crippen LogP contribution in [-0.4, -0.2) is 31.9 Å². The maximum Gasteiger partial charge on any atom is 0.492 e. The molecule has 0 aliphatic heterocycles. The van der Waals surface area contributed by atoms with Crippen LogP contribution < -0.4 is 0 Å². The summed E-state index contributed by atoms with van der Waals surface area (Å²) in [6.07, 6.45) is 0.180. The Morgan fingerprint density at radius 3 is 2.17 bits per heavy atom. The summed E-state index contributed by atoms with van der Waals surface area (Å²) in [5.74, 6) is 0.341. The van der Waals surface area contributed by atoms with Crippen molar-refractivity contribution in [2.24, 2.45) is 5.92 Å². The van der Waals surface area contributed by atoms with Crippen LogP contribution in [0, 0.1) is 5.92 Å². The Bertz CT molecular complexity index is 126. The van der Waals surface area contributed by atoms with E-state index < -0.39 is 13.4 Å². The van der Waals surface area contributed by atoms with Gasteiger partial charge in [0.25, 0.3) is 0 Å². The topological polar surface area (TPSA) is 3.24 Å². The second kappa shape index (κ2) is 4.75. The second-order valence-electron chi connectivity index (χ2n) is 3.44. The fraction of sp³-hybridized carbons (Fsp3) is 1.00. The van der Waals surface area contributed by atoms with Crippen molar-refractivity contribution in [2.75, 3.05) is 20.0 Å². The molecule has 0 fully saturated rings. The molecule has 0 aromatic carbocycles. The van der Waals surface area contributed by atoms with Crippen LogP contribution in [0.3, 0.4) is 0 Å². The molecule has 0 spiro atoms. The maximum atomic E-state index is 11.9. The summed E-state index contributed by atoms with van der Waals surface area (Å²) < 4.78 is 35.6. The van der Waals surface area contributed by atoms with Gasteiger partial charge in [0, 0.05) is 0 Å². The first-order valence-electron chi connectivity index (χ1n) is 4.24. The molecule has 0 bridgehead atoms. The predicted molar refractivity (Wildman–Crippen MR) is 46.0 cm³/mol. The van der Waals surface area contributed by atoms with Gasteiger partial charge in [0.05, 0.1) is 0 Å². The molecule has 0 aromatic heterocycles. The lowest BCUT2D eigenvalue weighted by Crippen LogP contribution is -2.37. The SMILES string of the molecule is CCC(C)CN(C)C[B-](F)(F)F. The Morgan fingerprint density at radius 1 is 1.33 bits per heavy atom. The van der Waals surface area contributed by atoms with Crippen molar-refractivity contribution in [1.29, 1.82) is 0 Å². The number of nitrogens with zero attached hydrogens (tertiary/aromatic N) is 1. The third kappa shape index (κ3) is 6.52. The third-order valence-electron chi connectivity index (χ3n) is 1.84. The molecule has 1 unspecified atom stereocenters. The highest BCUT2D eigenvalue weighted by Crippen LogP contribution is 2.11. The van der Waals surface area contributed by atoms with E-state index in [1.807, 2.05) is 13.8 Å². The molecule has 0 aromatic rings. The van der Waals surface area contributed by atoms with Crippen molar-refractivity contribution in [2.45, 2.75) is 20.3 Å². The minimum Gasteiger partial charge on any atom is -0.448 e. The monoisotopic (exact) mass is 182 g/mol. The largest absolute Gasteiger partial charge is 0.492 e. The van der Waals surface area contributed by atoms with Crippen molar-refractivity contribution >= 4 is 6.98 Å². The maximum absolute atomic E-state index is 11.9. The molecule has 0 rings (SSSR count). The van der Waals surface area contributed by atoms with Gasteiger partial charge in [-0.25, -0.2) is 0 Å². The van der Waals surface area contributed by atoms with E-state index in [2.05, 4.69) is 0 Å². The molecular weight excluding hydrogens is 166 g/mol. The average molecular weight is 182 g/mol. The molecule has 0 N–H and O–H groups in total. The van der Waals surface area contributed by atoms with Crippen molar-refractivity contribution < 1.29 is 12.9 Å². The zero-order chi connectivity index (χ0) is 9.78. The number of halogens is 3. The van der Waals surface area contributed by atoms with Crippen LogP contribution in [0.15, 0.2) is 0 Å². The van der Waals surface area contributed by atoms with Gasteiger partial charge in [-0.2, -0.15) is 0 Å². The van der Waals surface area contributed by atoms with Crippen LogP contribution in [0.5, 0.6) is 0 Å². The van der Waals surface area contributed by atoms with Gasteiger partial charge in [-0.3, -0.25) is 0 Å². The molecule has 0 amide bonds. The standard InChI is InChI=1S/C7H16BF3N/c1-4-7(2)5-12(3)6-8(9,10)11/h7H,4-6H2,1-3H3/q-1. The Labute approximate surface area is 72.0 Å². The summed E-state index contributed by atoms with van der Waals surface area (Å²) in [4.78, 5) is 1.34. The lowest BCUT2D eigenvalue weighted by atomic mass is 9.91. The van der Waals surface area contributed by atoms with Gasteiger partial charge in [-0.15, -0.1) is 0 Å². The molecular formula is C7H16BF3N-. The van der Waals surface area contributed by atoms with Crippen LogP contribution >= 0.6 is 0 Å². The van der Waals surface area contributed by atoms with Gasteiger partial charge >= 0.3 is 6.98 Å². The highest BCUT2D eigenvalue weighted by Gasteiger charge is 2.24. The Hall–Kier alpha value is -0.185. The molecule has 0 saturated carbocycles. The van der Waals surface area contributed by atoms with Gasteiger partial charge in [0.1, 0.15) is 0 Å². The van der Waals surface area contributed by atoms with Gasteiger partial charge in [0.2, 0.25) is 0 Å². The van der Waals surface area contributed by atoms with Gasteiger partial charge in [-0.05, 0) is 26.0 Å². The molecule has 74 valence electrons. The van der Waals surface area contributed by atoms with Crippen LogP contribution in [0.1, 0.15) is 20.3 Å². The van der Waals surface area contributed by atoms with E-state index in [0.717, 1.165) is 6.42 Å². The van der Waals surface area contributed by atoms with Crippen molar-refractivity contribution in [3.63, 3.8) is 0 Å². The zero-order valence-corrected chi connectivity index (χ0v) is 7.86. The van der Waals surface area contributed by atoms with Crippen molar-refractivity contribution in [3.8, 4) is 0 Å². The van der Waals surface area contributed by atoms with E-state index in [-0.39, 0.29) is 0 Å². The lowest BCUT2D eigenvalue weighted by molar-refractivity contribution is 0.285. The molecule has 5 heteroatoms. The highest BCUT2D eigenvalue weighted by atomic mass is 19.4. The molecule has 0 radical (unpaired) electrons. The molecule has 0 heterocycles. The van der Waals surface area contributed by atoms with Crippen molar-refractivity contribution in [3.05, 3.63) is 0 Å². The second-order valence-corrected chi connectivity index (χ2v) is 3.44. The summed E-state index contributed by atoms with van der Waals surface area (Å²) in [5.41, 5.74) is 0. The summed E-state index contributed by atoms with van der Waals surface area (Å²) >= 11 is 0. The minimum atomic E-state index is -4.66. The van der Waals surface area contributed by atoms with Crippen LogP contribution in [-0.2, 0) is 0 Å². The zero-order valence-electron chi connectivity index (χ0n) is 7.86. The summed E-state index contributed by atoms with van der Waals surface area (Å²) in [5, 5.41) is 0. The Balaban J connectivity index is 3.66. The molecule has 0 aliphatic rings. The number of hydrogen-bond acceptors (Lipinski definition) is 1. The smallest absolute Gasteiger partial charge is 0.448 e.